The van der Waals surface area contributed by atoms with Gasteiger partial charge in [0.25, 0.3) is 0 Å². The molecule has 2 N–H and O–H groups in total. The molecule has 0 spiro atoms. The van der Waals surface area contributed by atoms with Crippen LogP contribution in [0.15, 0.2) is 59.7 Å². The molecule has 0 amide bonds. The number of hydrogen-bond acceptors (Lipinski definition) is 3. The van der Waals surface area contributed by atoms with Crippen molar-refractivity contribution in [2.24, 2.45) is 12.0 Å². The summed E-state index contributed by atoms with van der Waals surface area (Å²) in [6.07, 6.45) is 1.72. The molecule has 0 aliphatic carbocycles. The fourth-order valence-corrected chi connectivity index (χ4v) is 3.16. The molecule has 1 aromatic carbocycles. The highest BCUT2D eigenvalue weighted by molar-refractivity contribution is 14.0. The summed E-state index contributed by atoms with van der Waals surface area (Å²) in [4.78, 5) is 8.62. The van der Waals surface area contributed by atoms with E-state index in [0.717, 1.165) is 16.8 Å². The monoisotopic (exact) mass is 559 g/mol. The first-order valence-electron chi connectivity index (χ1n) is 9.13. The highest BCUT2D eigenvalue weighted by Gasteiger charge is 2.10. The van der Waals surface area contributed by atoms with Crippen molar-refractivity contribution in [2.45, 2.75) is 19.7 Å². The number of hydrogen-bond donors (Lipinski definition) is 2. The molecule has 0 aliphatic rings. The molecule has 2 heterocycles. The molecule has 0 aliphatic heterocycles. The maximum absolute atomic E-state index is 6.12. The lowest BCUT2D eigenvalue weighted by atomic mass is 10.2. The van der Waals surface area contributed by atoms with E-state index in [2.05, 4.69) is 20.6 Å². The number of guanidine groups is 1. The molecule has 0 fully saturated rings. The summed E-state index contributed by atoms with van der Waals surface area (Å²) in [6, 6.07) is 15.7. The standard InChI is InChI=1S/C21H23Cl2N5O.HI/c1-24-21(27-13-17-11-18(22)19(23)28(17)2)26-12-16-9-6-10-25-20(16)29-14-15-7-4-3-5-8-15;/h3-11H,12-14H2,1-2H3,(H2,24,26,27);1H. The second-order valence-electron chi connectivity index (χ2n) is 6.35. The fourth-order valence-electron chi connectivity index (χ4n) is 2.75. The number of aromatic nitrogens is 2. The SMILES string of the molecule is CN=C(NCc1cccnc1OCc1ccccc1)NCc1cc(Cl)c(Cl)n1C.I. The Kier molecular flexibility index (Phi) is 9.74. The van der Waals surface area contributed by atoms with E-state index in [4.69, 9.17) is 27.9 Å². The van der Waals surface area contributed by atoms with Crippen LogP contribution in [0.25, 0.3) is 0 Å². The Morgan fingerprint density at radius 3 is 2.50 bits per heavy atom. The van der Waals surface area contributed by atoms with Crippen LogP contribution in [0, 0.1) is 0 Å². The summed E-state index contributed by atoms with van der Waals surface area (Å²) in [5.74, 6) is 1.25. The molecule has 0 unspecified atom stereocenters. The van der Waals surface area contributed by atoms with Gasteiger partial charge in [-0.2, -0.15) is 0 Å². The number of ether oxygens (including phenoxy) is 1. The molecule has 0 bridgehead atoms. The number of benzene rings is 1. The third kappa shape index (κ3) is 6.52. The van der Waals surface area contributed by atoms with E-state index in [1.165, 1.54) is 0 Å². The van der Waals surface area contributed by atoms with E-state index in [1.807, 2.05) is 60.1 Å². The van der Waals surface area contributed by atoms with Crippen LogP contribution in [0.4, 0.5) is 0 Å². The Morgan fingerprint density at radius 1 is 1.10 bits per heavy atom. The lowest BCUT2D eigenvalue weighted by molar-refractivity contribution is 0.290. The van der Waals surface area contributed by atoms with Crippen LogP contribution < -0.4 is 15.4 Å². The van der Waals surface area contributed by atoms with Gasteiger partial charge in [0, 0.05) is 38.1 Å². The van der Waals surface area contributed by atoms with Crippen LogP contribution in [0.2, 0.25) is 10.2 Å². The number of halogens is 3. The maximum Gasteiger partial charge on any atom is 0.218 e. The van der Waals surface area contributed by atoms with E-state index >= 15 is 0 Å². The molecule has 3 rings (SSSR count). The molecule has 30 heavy (non-hydrogen) atoms. The molecule has 0 atom stereocenters. The lowest BCUT2D eigenvalue weighted by Crippen LogP contribution is -2.36. The van der Waals surface area contributed by atoms with Crippen molar-refractivity contribution in [2.75, 3.05) is 7.05 Å². The minimum absolute atomic E-state index is 0. The number of pyridine rings is 1. The quantitative estimate of drug-likeness (QED) is 0.248. The summed E-state index contributed by atoms with van der Waals surface area (Å²) in [7, 11) is 3.59. The van der Waals surface area contributed by atoms with E-state index in [-0.39, 0.29) is 24.0 Å². The minimum atomic E-state index is 0. The normalized spacial score (nSPS) is 11.0. The summed E-state index contributed by atoms with van der Waals surface area (Å²) in [6.45, 7) is 1.52. The Labute approximate surface area is 203 Å². The largest absolute Gasteiger partial charge is 0.473 e. The Morgan fingerprint density at radius 2 is 1.83 bits per heavy atom. The molecule has 9 heteroatoms. The van der Waals surface area contributed by atoms with Crippen molar-refractivity contribution in [3.8, 4) is 5.88 Å². The topological polar surface area (TPSA) is 63.5 Å². The summed E-state index contributed by atoms with van der Waals surface area (Å²) in [5, 5.41) is 7.58. The van der Waals surface area contributed by atoms with Gasteiger partial charge in [-0.05, 0) is 17.7 Å². The summed E-state index contributed by atoms with van der Waals surface area (Å²) < 4.78 is 7.74. The molecule has 2 aromatic heterocycles. The van der Waals surface area contributed by atoms with Crippen molar-refractivity contribution >= 4 is 53.1 Å². The maximum atomic E-state index is 6.12. The van der Waals surface area contributed by atoms with Crippen molar-refractivity contribution in [3.63, 3.8) is 0 Å². The zero-order chi connectivity index (χ0) is 20.6. The van der Waals surface area contributed by atoms with Gasteiger partial charge in [0.2, 0.25) is 5.88 Å². The fraction of sp³-hybridized carbons (Fsp3) is 0.238. The Bertz CT molecular complexity index is 979. The van der Waals surface area contributed by atoms with Gasteiger partial charge in [-0.25, -0.2) is 4.98 Å². The predicted octanol–water partition coefficient (Wildman–Crippen LogP) is 4.79. The zero-order valence-corrected chi connectivity index (χ0v) is 20.6. The number of aliphatic imine (C=N–C) groups is 1. The third-order valence-electron chi connectivity index (χ3n) is 4.39. The van der Waals surface area contributed by atoms with Gasteiger partial charge in [-0.15, -0.1) is 24.0 Å². The average Bonchev–Trinajstić information content (AvgIpc) is 3.00. The second-order valence-corrected chi connectivity index (χ2v) is 7.12. The Balaban J connectivity index is 0.00000320. The summed E-state index contributed by atoms with van der Waals surface area (Å²) in [5.41, 5.74) is 2.99. The average molecular weight is 560 g/mol. The molecule has 6 nitrogen and oxygen atoms in total. The Hall–Kier alpha value is -1.97. The van der Waals surface area contributed by atoms with Crippen molar-refractivity contribution in [1.29, 1.82) is 0 Å². The van der Waals surface area contributed by atoms with Gasteiger partial charge in [-0.1, -0.05) is 59.6 Å². The molecule has 0 saturated heterocycles. The number of nitrogens with zero attached hydrogens (tertiary/aromatic N) is 3. The van der Waals surface area contributed by atoms with Crippen LogP contribution in [0.3, 0.4) is 0 Å². The molecule has 0 saturated carbocycles. The number of rotatable bonds is 7. The third-order valence-corrected chi connectivity index (χ3v) is 5.23. The van der Waals surface area contributed by atoms with Gasteiger partial charge in [-0.3, -0.25) is 4.99 Å². The predicted molar refractivity (Wildman–Crippen MR) is 133 cm³/mol. The van der Waals surface area contributed by atoms with E-state index < -0.39 is 0 Å². The van der Waals surface area contributed by atoms with Crippen molar-refractivity contribution in [1.82, 2.24) is 20.2 Å². The van der Waals surface area contributed by atoms with Crippen LogP contribution in [-0.4, -0.2) is 22.6 Å². The van der Waals surface area contributed by atoms with Crippen molar-refractivity contribution < 1.29 is 4.74 Å². The highest BCUT2D eigenvalue weighted by Crippen LogP contribution is 2.25. The number of nitrogens with one attached hydrogen (secondary N) is 2. The molecule has 0 radical (unpaired) electrons. The van der Waals surface area contributed by atoms with Gasteiger partial charge < -0.3 is 19.9 Å². The van der Waals surface area contributed by atoms with E-state index in [1.54, 1.807) is 13.2 Å². The van der Waals surface area contributed by atoms with Crippen LogP contribution in [-0.2, 0) is 26.7 Å². The van der Waals surface area contributed by atoms with Crippen LogP contribution >= 0.6 is 47.2 Å². The minimum Gasteiger partial charge on any atom is -0.473 e. The van der Waals surface area contributed by atoms with Gasteiger partial charge >= 0.3 is 0 Å². The highest BCUT2D eigenvalue weighted by atomic mass is 127. The van der Waals surface area contributed by atoms with Crippen LogP contribution in [0.5, 0.6) is 5.88 Å². The van der Waals surface area contributed by atoms with Gasteiger partial charge in [0.05, 0.1) is 11.6 Å². The second kappa shape index (κ2) is 12.0. The molecular weight excluding hydrogens is 536 g/mol. The van der Waals surface area contributed by atoms with Gasteiger partial charge in [0.15, 0.2) is 5.96 Å². The van der Waals surface area contributed by atoms with Crippen molar-refractivity contribution in [3.05, 3.63) is 81.7 Å². The smallest absolute Gasteiger partial charge is 0.218 e. The zero-order valence-electron chi connectivity index (χ0n) is 16.7. The first-order chi connectivity index (χ1) is 14.1. The van der Waals surface area contributed by atoms with Crippen LogP contribution in [0.1, 0.15) is 16.8 Å². The molecule has 160 valence electrons. The molecular formula is C21H24Cl2IN5O. The molecule has 3 aromatic rings. The van der Waals surface area contributed by atoms with E-state index in [9.17, 15) is 0 Å². The van der Waals surface area contributed by atoms with E-state index in [0.29, 0.717) is 41.7 Å². The summed E-state index contributed by atoms with van der Waals surface area (Å²) >= 11 is 12.2. The lowest BCUT2D eigenvalue weighted by Gasteiger charge is -2.14. The first-order valence-corrected chi connectivity index (χ1v) is 9.88. The van der Waals surface area contributed by atoms with Gasteiger partial charge in [0.1, 0.15) is 11.8 Å². The first kappa shape index (κ1) is 24.3.